The molecule has 0 bridgehead atoms. The predicted molar refractivity (Wildman–Crippen MR) is 84.1 cm³/mol. The van der Waals surface area contributed by atoms with E-state index in [1.165, 1.54) is 18.4 Å². The number of aryl methyl sites for hydroxylation is 1. The first-order valence-electron chi connectivity index (χ1n) is 7.91. The van der Waals surface area contributed by atoms with Crippen LogP contribution < -0.4 is 10.2 Å². The lowest BCUT2D eigenvalue weighted by Crippen LogP contribution is -2.36. The summed E-state index contributed by atoms with van der Waals surface area (Å²) < 4.78 is 0. The van der Waals surface area contributed by atoms with E-state index in [9.17, 15) is 0 Å². The molecule has 1 fully saturated rings. The summed E-state index contributed by atoms with van der Waals surface area (Å²) in [7, 11) is 1.99. The van der Waals surface area contributed by atoms with Crippen molar-refractivity contribution in [2.75, 3.05) is 31.6 Å². The zero-order valence-electron chi connectivity index (χ0n) is 13.1. The second-order valence-corrected chi connectivity index (χ2v) is 6.17. The van der Waals surface area contributed by atoms with Crippen molar-refractivity contribution in [3.8, 4) is 0 Å². The third-order valence-electron chi connectivity index (χ3n) is 4.35. The maximum atomic E-state index is 4.55. The van der Waals surface area contributed by atoms with Crippen LogP contribution in [0.5, 0.6) is 0 Å². The number of nitrogens with zero attached hydrogens (tertiary/aromatic N) is 3. The van der Waals surface area contributed by atoms with Crippen molar-refractivity contribution in [2.45, 2.75) is 39.5 Å². The van der Waals surface area contributed by atoms with Crippen LogP contribution in [-0.4, -0.2) is 36.6 Å². The van der Waals surface area contributed by atoms with Gasteiger partial charge < -0.3 is 10.2 Å². The number of anilines is 1. The molecule has 0 spiro atoms. The summed E-state index contributed by atoms with van der Waals surface area (Å²) in [5.74, 6) is 2.57. The number of aromatic nitrogens is 2. The lowest BCUT2D eigenvalue weighted by Gasteiger charge is -2.33. The third-order valence-corrected chi connectivity index (χ3v) is 4.35. The zero-order chi connectivity index (χ0) is 14.4. The summed E-state index contributed by atoms with van der Waals surface area (Å²) in [5, 5.41) is 3.17. The second kappa shape index (κ2) is 7.58. The van der Waals surface area contributed by atoms with Crippen molar-refractivity contribution < 1.29 is 0 Å². The highest BCUT2D eigenvalue weighted by Crippen LogP contribution is 2.26. The van der Waals surface area contributed by atoms with Crippen molar-refractivity contribution in [1.82, 2.24) is 15.3 Å². The molecule has 4 nitrogen and oxygen atoms in total. The van der Waals surface area contributed by atoms with Gasteiger partial charge >= 0.3 is 0 Å². The highest BCUT2D eigenvalue weighted by molar-refractivity contribution is 5.30. The molecule has 112 valence electrons. The molecule has 0 atom stereocenters. The Morgan fingerprint density at radius 3 is 2.45 bits per heavy atom. The largest absolute Gasteiger partial charge is 0.341 e. The van der Waals surface area contributed by atoms with E-state index in [1.54, 1.807) is 0 Å². The molecule has 4 heteroatoms. The first-order chi connectivity index (χ1) is 9.70. The fourth-order valence-electron chi connectivity index (χ4n) is 2.88. The Morgan fingerprint density at radius 1 is 1.25 bits per heavy atom. The average molecular weight is 276 g/mol. The van der Waals surface area contributed by atoms with Gasteiger partial charge in [0, 0.05) is 25.5 Å². The number of piperidine rings is 1. The van der Waals surface area contributed by atoms with Crippen LogP contribution in [0.2, 0.25) is 0 Å². The van der Waals surface area contributed by atoms with Gasteiger partial charge in [0.2, 0.25) is 5.95 Å². The van der Waals surface area contributed by atoms with E-state index in [0.717, 1.165) is 50.3 Å². The first-order valence-corrected chi connectivity index (χ1v) is 7.91. The summed E-state index contributed by atoms with van der Waals surface area (Å²) in [4.78, 5) is 11.4. The molecular weight excluding hydrogens is 248 g/mol. The van der Waals surface area contributed by atoms with Crippen LogP contribution in [0.15, 0.2) is 12.4 Å². The fourth-order valence-corrected chi connectivity index (χ4v) is 2.88. The average Bonchev–Trinajstić information content (AvgIpc) is 2.48. The molecule has 0 radical (unpaired) electrons. The van der Waals surface area contributed by atoms with E-state index in [1.807, 2.05) is 19.4 Å². The van der Waals surface area contributed by atoms with Crippen LogP contribution in [-0.2, 0) is 6.42 Å². The van der Waals surface area contributed by atoms with Crippen LogP contribution >= 0.6 is 0 Å². The quantitative estimate of drug-likeness (QED) is 0.811. The lowest BCUT2D eigenvalue weighted by molar-refractivity contribution is 0.310. The number of hydrogen-bond acceptors (Lipinski definition) is 4. The van der Waals surface area contributed by atoms with Crippen LogP contribution in [0.4, 0.5) is 5.95 Å². The zero-order valence-corrected chi connectivity index (χ0v) is 13.1. The van der Waals surface area contributed by atoms with Gasteiger partial charge in [0.25, 0.3) is 0 Å². The van der Waals surface area contributed by atoms with E-state index in [2.05, 4.69) is 34.0 Å². The minimum atomic E-state index is 0.799. The Morgan fingerprint density at radius 2 is 1.90 bits per heavy atom. The molecule has 1 aliphatic heterocycles. The Balaban J connectivity index is 1.84. The topological polar surface area (TPSA) is 41.1 Å². The van der Waals surface area contributed by atoms with Gasteiger partial charge in [0.15, 0.2) is 0 Å². The van der Waals surface area contributed by atoms with Gasteiger partial charge in [-0.25, -0.2) is 9.97 Å². The molecule has 1 aromatic heterocycles. The third kappa shape index (κ3) is 4.17. The van der Waals surface area contributed by atoms with Gasteiger partial charge in [-0.2, -0.15) is 0 Å². The lowest BCUT2D eigenvalue weighted by atomic mass is 9.87. The summed E-state index contributed by atoms with van der Waals surface area (Å²) in [6.07, 6.45) is 8.71. The Labute approximate surface area is 123 Å². The van der Waals surface area contributed by atoms with Crippen molar-refractivity contribution >= 4 is 5.95 Å². The van der Waals surface area contributed by atoms with E-state index >= 15 is 0 Å². The van der Waals surface area contributed by atoms with E-state index < -0.39 is 0 Å². The van der Waals surface area contributed by atoms with Crippen LogP contribution in [0, 0.1) is 11.8 Å². The Kier molecular flexibility index (Phi) is 5.77. The van der Waals surface area contributed by atoms with Crippen molar-refractivity contribution in [3.63, 3.8) is 0 Å². The van der Waals surface area contributed by atoms with Gasteiger partial charge in [-0.3, -0.25) is 0 Å². The first kappa shape index (κ1) is 15.2. The van der Waals surface area contributed by atoms with E-state index in [0.29, 0.717) is 0 Å². The molecule has 0 aliphatic carbocycles. The highest BCUT2D eigenvalue weighted by atomic mass is 15.2. The smallest absolute Gasteiger partial charge is 0.225 e. The van der Waals surface area contributed by atoms with Crippen molar-refractivity contribution in [2.24, 2.45) is 11.8 Å². The van der Waals surface area contributed by atoms with E-state index in [4.69, 9.17) is 0 Å². The molecule has 2 heterocycles. The van der Waals surface area contributed by atoms with Gasteiger partial charge in [-0.1, -0.05) is 13.8 Å². The summed E-state index contributed by atoms with van der Waals surface area (Å²) in [6.45, 7) is 7.90. The van der Waals surface area contributed by atoms with Crippen LogP contribution in [0.1, 0.15) is 38.7 Å². The molecule has 0 saturated carbocycles. The summed E-state index contributed by atoms with van der Waals surface area (Å²) in [6, 6.07) is 0. The number of rotatable bonds is 6. The number of nitrogens with one attached hydrogen (secondary N) is 1. The van der Waals surface area contributed by atoms with Gasteiger partial charge in [0.05, 0.1) is 0 Å². The summed E-state index contributed by atoms with van der Waals surface area (Å²) >= 11 is 0. The Hall–Kier alpha value is -1.16. The van der Waals surface area contributed by atoms with E-state index in [-0.39, 0.29) is 0 Å². The molecule has 0 amide bonds. The standard InChI is InChI=1S/C16H28N4/c1-13(2)15-6-9-20(10-7-15)16-18-11-14(12-19-16)5-4-8-17-3/h11-13,15,17H,4-10H2,1-3H3. The predicted octanol–water partition coefficient (Wildman–Crippen LogP) is 2.50. The summed E-state index contributed by atoms with van der Waals surface area (Å²) in [5.41, 5.74) is 1.24. The molecule has 1 N–H and O–H groups in total. The molecule has 1 aromatic rings. The molecule has 2 rings (SSSR count). The molecule has 20 heavy (non-hydrogen) atoms. The van der Waals surface area contributed by atoms with Gasteiger partial charge in [-0.15, -0.1) is 0 Å². The fraction of sp³-hybridized carbons (Fsp3) is 0.750. The van der Waals surface area contributed by atoms with Gasteiger partial charge in [0.1, 0.15) is 0 Å². The van der Waals surface area contributed by atoms with Crippen molar-refractivity contribution in [1.29, 1.82) is 0 Å². The van der Waals surface area contributed by atoms with Crippen LogP contribution in [0.3, 0.4) is 0 Å². The molecular formula is C16H28N4. The molecule has 1 aliphatic rings. The minimum absolute atomic E-state index is 0.799. The SMILES string of the molecule is CNCCCc1cnc(N2CCC(C(C)C)CC2)nc1. The maximum Gasteiger partial charge on any atom is 0.225 e. The van der Waals surface area contributed by atoms with Crippen LogP contribution in [0.25, 0.3) is 0 Å². The molecule has 0 unspecified atom stereocenters. The maximum absolute atomic E-state index is 4.55. The number of hydrogen-bond donors (Lipinski definition) is 1. The van der Waals surface area contributed by atoms with Crippen molar-refractivity contribution in [3.05, 3.63) is 18.0 Å². The Bertz CT molecular complexity index is 380. The molecule has 0 aromatic carbocycles. The molecule has 1 saturated heterocycles. The normalized spacial score (nSPS) is 16.9. The van der Waals surface area contributed by atoms with Gasteiger partial charge in [-0.05, 0) is 56.7 Å². The monoisotopic (exact) mass is 276 g/mol. The minimum Gasteiger partial charge on any atom is -0.341 e. The highest BCUT2D eigenvalue weighted by Gasteiger charge is 2.22. The second-order valence-electron chi connectivity index (χ2n) is 6.17.